The topological polar surface area (TPSA) is 17.4 Å². The number of nitrogens with zero attached hydrogens (tertiary/aromatic N) is 2. The van der Waals surface area contributed by atoms with E-state index in [0.717, 1.165) is 50.9 Å². The summed E-state index contributed by atoms with van der Waals surface area (Å²) in [5.41, 5.74) is 15.8. The van der Waals surface area contributed by atoms with Crippen molar-refractivity contribution in [1.29, 1.82) is 0 Å². The molecule has 0 amide bonds. The number of anilines is 3. The second-order valence-corrected chi connectivity index (χ2v) is 16.4. The Morgan fingerprint density at radius 1 is 0.371 bits per heavy atom. The Balaban J connectivity index is 1.08. The van der Waals surface area contributed by atoms with Gasteiger partial charge in [-0.05, 0) is 105 Å². The highest BCUT2D eigenvalue weighted by Gasteiger charge is 2.49. The smallest absolute Gasteiger partial charge is 0.132 e. The maximum absolute atomic E-state index is 6.75. The van der Waals surface area contributed by atoms with Gasteiger partial charge in [-0.25, -0.2) is 0 Å². The summed E-state index contributed by atoms with van der Waals surface area (Å²) < 4.78 is 9.19. The number of hydrogen-bond donors (Lipinski definition) is 0. The van der Waals surface area contributed by atoms with Gasteiger partial charge in [0.1, 0.15) is 11.5 Å². The average molecular weight is 791 g/mol. The monoisotopic (exact) mass is 790 g/mol. The van der Waals surface area contributed by atoms with Crippen LogP contribution in [0.5, 0.6) is 11.5 Å². The van der Waals surface area contributed by atoms with E-state index < -0.39 is 5.41 Å². The lowest BCUT2D eigenvalue weighted by Gasteiger charge is -2.45. The summed E-state index contributed by atoms with van der Waals surface area (Å²) in [5.74, 6) is 1.77. The van der Waals surface area contributed by atoms with E-state index in [1.165, 1.54) is 60.4 Å². The van der Waals surface area contributed by atoms with Crippen LogP contribution in [-0.2, 0) is 5.41 Å². The molecule has 1 spiro atoms. The SMILES string of the molecule is c1ccc(-c2ccccc2-n2c3ccccc3c3cc(N(c4ccccc4)c4ccc5c(c4)C4(c6ccccc6Oc6ccccc64)c4cccc6cccc-5c46)ccc32)cc1. The van der Waals surface area contributed by atoms with Gasteiger partial charge in [0, 0.05) is 44.5 Å². The molecule has 11 aromatic rings. The molecule has 0 radical (unpaired) electrons. The van der Waals surface area contributed by atoms with Crippen molar-refractivity contribution in [2.75, 3.05) is 4.90 Å². The molecule has 62 heavy (non-hydrogen) atoms. The first-order valence-electron chi connectivity index (χ1n) is 21.3. The molecule has 2 heterocycles. The number of ether oxygens (including phenoxy) is 1. The van der Waals surface area contributed by atoms with E-state index in [1.54, 1.807) is 0 Å². The molecule has 1 aliphatic heterocycles. The van der Waals surface area contributed by atoms with E-state index in [9.17, 15) is 0 Å². The fourth-order valence-electron chi connectivity index (χ4n) is 10.7. The molecular formula is C59H38N2O. The van der Waals surface area contributed by atoms with Crippen LogP contribution in [0.4, 0.5) is 17.1 Å². The lowest BCUT2D eigenvalue weighted by molar-refractivity contribution is 0.435. The third kappa shape index (κ3) is 4.88. The van der Waals surface area contributed by atoms with Crippen molar-refractivity contribution in [2.45, 2.75) is 5.41 Å². The van der Waals surface area contributed by atoms with Crippen LogP contribution in [0.2, 0.25) is 0 Å². The standard InChI is InChI=1S/C59H38N2O/c1-3-17-39(18-4-1)44-23-7-11-29-53(44)61-54-30-12-8-24-46(54)48-37-42(34-36-55(48)61)60(41-21-5-2-6-22-41)43-33-35-45-47-25-15-19-40-20-16-28-51(58(40)47)59(52(45)38-43)49-26-9-13-31-56(49)62-57-32-14-10-27-50(57)59/h1-38H. The molecule has 3 heteroatoms. The fraction of sp³-hybridized carbons (Fsp3) is 0.0169. The van der Waals surface area contributed by atoms with Gasteiger partial charge in [-0.3, -0.25) is 0 Å². The molecule has 0 bridgehead atoms. The van der Waals surface area contributed by atoms with Gasteiger partial charge in [0.15, 0.2) is 0 Å². The van der Waals surface area contributed by atoms with Crippen LogP contribution in [0.1, 0.15) is 22.3 Å². The van der Waals surface area contributed by atoms with Crippen molar-refractivity contribution >= 4 is 49.6 Å². The highest BCUT2D eigenvalue weighted by atomic mass is 16.5. The lowest BCUT2D eigenvalue weighted by Crippen LogP contribution is -2.36. The van der Waals surface area contributed by atoms with E-state index >= 15 is 0 Å². The Morgan fingerprint density at radius 2 is 0.968 bits per heavy atom. The molecule has 2 aliphatic rings. The molecule has 1 aromatic heterocycles. The number of aromatic nitrogens is 1. The van der Waals surface area contributed by atoms with E-state index in [1.807, 2.05) is 0 Å². The Morgan fingerprint density at radius 3 is 1.77 bits per heavy atom. The minimum absolute atomic E-state index is 0.642. The van der Waals surface area contributed by atoms with Crippen LogP contribution in [0.15, 0.2) is 231 Å². The van der Waals surface area contributed by atoms with Crippen LogP contribution in [0.3, 0.4) is 0 Å². The normalized spacial score (nSPS) is 13.1. The quantitative estimate of drug-likeness (QED) is 0.173. The zero-order chi connectivity index (χ0) is 40.8. The third-order valence-corrected chi connectivity index (χ3v) is 13.2. The number of hydrogen-bond acceptors (Lipinski definition) is 2. The molecule has 10 aromatic carbocycles. The summed E-state index contributed by atoms with van der Waals surface area (Å²) in [6, 6.07) is 84.0. The van der Waals surface area contributed by atoms with Gasteiger partial charge < -0.3 is 14.2 Å². The first-order valence-corrected chi connectivity index (χ1v) is 21.3. The Bertz CT molecular complexity index is 3520. The molecular weight excluding hydrogens is 753 g/mol. The summed E-state index contributed by atoms with van der Waals surface area (Å²) in [6.45, 7) is 0. The molecule has 13 rings (SSSR count). The molecule has 3 nitrogen and oxygen atoms in total. The van der Waals surface area contributed by atoms with Gasteiger partial charge in [0.05, 0.1) is 22.1 Å². The van der Waals surface area contributed by atoms with E-state index in [-0.39, 0.29) is 0 Å². The Labute approximate surface area is 360 Å². The summed E-state index contributed by atoms with van der Waals surface area (Å²) in [7, 11) is 0. The van der Waals surface area contributed by atoms with Crippen LogP contribution in [0.25, 0.3) is 60.5 Å². The highest BCUT2D eigenvalue weighted by molar-refractivity contribution is 6.11. The number of rotatable bonds is 5. The zero-order valence-electron chi connectivity index (χ0n) is 33.7. The first-order chi connectivity index (χ1) is 30.8. The van der Waals surface area contributed by atoms with Gasteiger partial charge in [-0.1, -0.05) is 164 Å². The van der Waals surface area contributed by atoms with Crippen molar-refractivity contribution in [2.24, 2.45) is 0 Å². The second kappa shape index (κ2) is 13.4. The van der Waals surface area contributed by atoms with Crippen molar-refractivity contribution in [3.63, 3.8) is 0 Å². The molecule has 0 atom stereocenters. The third-order valence-electron chi connectivity index (χ3n) is 13.2. The van der Waals surface area contributed by atoms with Gasteiger partial charge in [-0.15, -0.1) is 0 Å². The van der Waals surface area contributed by atoms with Crippen LogP contribution in [0, 0.1) is 0 Å². The van der Waals surface area contributed by atoms with Gasteiger partial charge in [-0.2, -0.15) is 0 Å². The van der Waals surface area contributed by atoms with E-state index in [2.05, 4.69) is 240 Å². The maximum atomic E-state index is 6.75. The molecule has 0 fully saturated rings. The summed E-state index contributed by atoms with van der Waals surface area (Å²) in [6.07, 6.45) is 0. The van der Waals surface area contributed by atoms with E-state index in [4.69, 9.17) is 4.74 Å². The molecule has 290 valence electrons. The largest absolute Gasteiger partial charge is 0.457 e. The summed E-state index contributed by atoms with van der Waals surface area (Å²) in [4.78, 5) is 2.43. The number of para-hydroxylation sites is 5. The summed E-state index contributed by atoms with van der Waals surface area (Å²) >= 11 is 0. The minimum atomic E-state index is -0.642. The van der Waals surface area contributed by atoms with Crippen LogP contribution in [-0.4, -0.2) is 4.57 Å². The van der Waals surface area contributed by atoms with Crippen LogP contribution < -0.4 is 9.64 Å². The number of benzene rings is 10. The van der Waals surface area contributed by atoms with Crippen LogP contribution >= 0.6 is 0 Å². The molecule has 0 saturated carbocycles. The number of fused-ring (bicyclic) bond motifs is 11. The Kier molecular flexibility index (Phi) is 7.52. The second-order valence-electron chi connectivity index (χ2n) is 16.4. The predicted octanol–water partition coefficient (Wildman–Crippen LogP) is 15.5. The zero-order valence-corrected chi connectivity index (χ0v) is 33.7. The fourth-order valence-corrected chi connectivity index (χ4v) is 10.7. The molecule has 0 unspecified atom stereocenters. The predicted molar refractivity (Wildman–Crippen MR) is 256 cm³/mol. The molecule has 1 aliphatic carbocycles. The minimum Gasteiger partial charge on any atom is -0.457 e. The van der Waals surface area contributed by atoms with Crippen molar-refractivity contribution in [3.8, 4) is 39.4 Å². The maximum Gasteiger partial charge on any atom is 0.132 e. The first kappa shape index (κ1) is 34.7. The average Bonchev–Trinajstić information content (AvgIpc) is 3.67. The van der Waals surface area contributed by atoms with E-state index in [0.29, 0.717) is 0 Å². The van der Waals surface area contributed by atoms with Gasteiger partial charge in [0.2, 0.25) is 0 Å². The van der Waals surface area contributed by atoms with Gasteiger partial charge >= 0.3 is 0 Å². The highest BCUT2D eigenvalue weighted by Crippen LogP contribution is 2.61. The van der Waals surface area contributed by atoms with Crippen molar-refractivity contribution in [1.82, 2.24) is 4.57 Å². The van der Waals surface area contributed by atoms with Gasteiger partial charge in [0.25, 0.3) is 0 Å². The van der Waals surface area contributed by atoms with Crippen molar-refractivity contribution in [3.05, 3.63) is 253 Å². The van der Waals surface area contributed by atoms with Crippen molar-refractivity contribution < 1.29 is 4.74 Å². The summed E-state index contributed by atoms with van der Waals surface area (Å²) in [5, 5.41) is 4.94. The molecule has 0 saturated heterocycles. The molecule has 0 N–H and O–H groups in total. The Hall–Kier alpha value is -8.14. The lowest BCUT2D eigenvalue weighted by atomic mass is 9.58.